The Morgan fingerprint density at radius 2 is 1.77 bits per heavy atom. The van der Waals surface area contributed by atoms with Gasteiger partial charge in [0.2, 0.25) is 5.91 Å². The molecular weight excluding hydrogens is 332 g/mol. The highest BCUT2D eigenvalue weighted by Gasteiger charge is 2.36. The molecule has 0 aliphatic carbocycles. The van der Waals surface area contributed by atoms with Gasteiger partial charge in [0.05, 0.1) is 23.4 Å². The van der Waals surface area contributed by atoms with Crippen LogP contribution in [-0.2, 0) is 11.3 Å². The first-order chi connectivity index (χ1) is 12.5. The zero-order valence-corrected chi connectivity index (χ0v) is 14.1. The second-order valence-corrected chi connectivity index (χ2v) is 6.17. The summed E-state index contributed by atoms with van der Waals surface area (Å²) in [6.45, 7) is 1.88. The van der Waals surface area contributed by atoms with Gasteiger partial charge in [-0.15, -0.1) is 0 Å². The Bertz CT molecular complexity index is 1020. The van der Waals surface area contributed by atoms with Crippen molar-refractivity contribution in [2.45, 2.75) is 13.5 Å². The van der Waals surface area contributed by atoms with Crippen LogP contribution in [0.4, 0.5) is 0 Å². The minimum atomic E-state index is -0.441. The number of imide groups is 1. The molecule has 7 heteroatoms. The van der Waals surface area contributed by atoms with Crippen LogP contribution >= 0.6 is 0 Å². The molecule has 1 aliphatic rings. The van der Waals surface area contributed by atoms with Crippen LogP contribution in [-0.4, -0.2) is 38.6 Å². The van der Waals surface area contributed by atoms with Gasteiger partial charge in [-0.1, -0.05) is 18.2 Å². The van der Waals surface area contributed by atoms with Crippen molar-refractivity contribution in [2.24, 2.45) is 0 Å². The number of benzene rings is 1. The summed E-state index contributed by atoms with van der Waals surface area (Å²) in [4.78, 5) is 42.2. The van der Waals surface area contributed by atoms with Gasteiger partial charge in [-0.05, 0) is 30.7 Å². The summed E-state index contributed by atoms with van der Waals surface area (Å²) in [5.41, 5.74) is 3.24. The Morgan fingerprint density at radius 1 is 1.08 bits per heavy atom. The number of aromatic nitrogens is 2. The van der Waals surface area contributed by atoms with Crippen molar-refractivity contribution in [1.29, 1.82) is 0 Å². The first-order valence-corrected chi connectivity index (χ1v) is 8.20. The molecule has 7 nitrogen and oxygen atoms in total. The first-order valence-electron chi connectivity index (χ1n) is 8.20. The summed E-state index contributed by atoms with van der Waals surface area (Å²) in [6, 6.07) is 10.5. The Kier molecular flexibility index (Phi) is 3.76. The van der Waals surface area contributed by atoms with Crippen LogP contribution in [0.3, 0.4) is 0 Å². The van der Waals surface area contributed by atoms with Crippen LogP contribution in [0.15, 0.2) is 48.8 Å². The Hall–Kier alpha value is -3.48. The summed E-state index contributed by atoms with van der Waals surface area (Å²) < 4.78 is 1.89. The highest BCUT2D eigenvalue weighted by atomic mass is 16.2. The van der Waals surface area contributed by atoms with Crippen LogP contribution in [0.1, 0.15) is 32.0 Å². The van der Waals surface area contributed by atoms with E-state index in [0.29, 0.717) is 16.8 Å². The van der Waals surface area contributed by atoms with Crippen molar-refractivity contribution in [2.75, 3.05) is 6.54 Å². The lowest BCUT2D eigenvalue weighted by molar-refractivity contribution is -0.121. The fourth-order valence-corrected chi connectivity index (χ4v) is 3.06. The third-order valence-electron chi connectivity index (χ3n) is 4.37. The third kappa shape index (κ3) is 2.63. The molecule has 1 aliphatic heterocycles. The van der Waals surface area contributed by atoms with Gasteiger partial charge in [-0.25, -0.2) is 4.98 Å². The maximum absolute atomic E-state index is 12.3. The summed E-state index contributed by atoms with van der Waals surface area (Å²) in [5, 5.41) is 2.71. The van der Waals surface area contributed by atoms with E-state index in [1.165, 1.54) is 0 Å². The van der Waals surface area contributed by atoms with Crippen molar-refractivity contribution >= 4 is 23.4 Å². The van der Waals surface area contributed by atoms with Gasteiger partial charge in [0.1, 0.15) is 12.2 Å². The number of hydrogen-bond acceptors (Lipinski definition) is 4. The van der Waals surface area contributed by atoms with Gasteiger partial charge in [0.15, 0.2) is 0 Å². The van der Waals surface area contributed by atoms with Crippen molar-refractivity contribution < 1.29 is 14.4 Å². The van der Waals surface area contributed by atoms with Crippen LogP contribution in [0.25, 0.3) is 5.65 Å². The molecule has 1 N–H and O–H groups in total. The summed E-state index contributed by atoms with van der Waals surface area (Å²) >= 11 is 0. The van der Waals surface area contributed by atoms with Crippen LogP contribution in [0.2, 0.25) is 0 Å². The average molecular weight is 348 g/mol. The zero-order chi connectivity index (χ0) is 18.3. The molecule has 0 saturated heterocycles. The quantitative estimate of drug-likeness (QED) is 0.725. The molecule has 26 heavy (non-hydrogen) atoms. The van der Waals surface area contributed by atoms with E-state index in [1.54, 1.807) is 24.3 Å². The standard InChI is InChI=1S/C19H16N4O3/c1-12-5-4-8-22-10-13(21-17(12)22)9-20-16(24)11-23-18(25)14-6-2-3-7-15(14)19(23)26/h2-8,10H,9,11H2,1H3,(H,20,24). The van der Waals surface area contributed by atoms with E-state index < -0.39 is 17.7 Å². The van der Waals surface area contributed by atoms with Gasteiger partial charge in [-0.2, -0.15) is 0 Å². The first kappa shape index (κ1) is 16.0. The number of carbonyl (C=O) groups is 3. The molecule has 130 valence electrons. The molecule has 0 saturated carbocycles. The molecule has 3 amide bonds. The van der Waals surface area contributed by atoms with Crippen molar-refractivity contribution in [1.82, 2.24) is 19.6 Å². The third-order valence-corrected chi connectivity index (χ3v) is 4.37. The smallest absolute Gasteiger partial charge is 0.262 e. The number of amides is 3. The zero-order valence-electron chi connectivity index (χ0n) is 14.1. The highest BCUT2D eigenvalue weighted by molar-refractivity contribution is 6.22. The van der Waals surface area contributed by atoms with E-state index in [0.717, 1.165) is 16.1 Å². The van der Waals surface area contributed by atoms with Gasteiger partial charge in [0.25, 0.3) is 11.8 Å². The van der Waals surface area contributed by atoms with Gasteiger partial charge >= 0.3 is 0 Å². The van der Waals surface area contributed by atoms with Crippen molar-refractivity contribution in [3.8, 4) is 0 Å². The molecule has 0 fully saturated rings. The molecule has 4 rings (SSSR count). The number of imidazole rings is 1. The maximum Gasteiger partial charge on any atom is 0.262 e. The largest absolute Gasteiger partial charge is 0.349 e. The van der Waals surface area contributed by atoms with Gasteiger partial charge in [0, 0.05) is 12.4 Å². The fraction of sp³-hybridized carbons (Fsp3) is 0.158. The SMILES string of the molecule is Cc1cccn2cc(CNC(=O)CN3C(=O)c4ccccc4C3=O)nc12. The molecule has 3 aromatic rings. The van der Waals surface area contributed by atoms with Crippen molar-refractivity contribution in [3.05, 3.63) is 71.2 Å². The molecule has 2 aromatic heterocycles. The van der Waals surface area contributed by atoms with Crippen LogP contribution < -0.4 is 5.32 Å². The number of hydrogen-bond donors (Lipinski definition) is 1. The monoisotopic (exact) mass is 348 g/mol. The summed E-state index contributed by atoms with van der Waals surface area (Å²) in [6.07, 6.45) is 3.73. The van der Waals surface area contributed by atoms with E-state index >= 15 is 0 Å². The normalized spacial score (nSPS) is 13.3. The van der Waals surface area contributed by atoms with E-state index in [4.69, 9.17) is 0 Å². The number of aryl methyl sites for hydroxylation is 1. The Labute approximate surface area is 149 Å². The topological polar surface area (TPSA) is 83.8 Å². The molecule has 0 spiro atoms. The van der Waals surface area contributed by atoms with Gasteiger partial charge < -0.3 is 9.72 Å². The molecule has 3 heterocycles. The molecule has 0 unspecified atom stereocenters. The molecule has 0 radical (unpaired) electrons. The highest BCUT2D eigenvalue weighted by Crippen LogP contribution is 2.21. The lowest BCUT2D eigenvalue weighted by Gasteiger charge is -2.13. The molecule has 0 atom stereocenters. The van der Waals surface area contributed by atoms with E-state index in [9.17, 15) is 14.4 Å². The van der Waals surface area contributed by atoms with Crippen LogP contribution in [0.5, 0.6) is 0 Å². The number of fused-ring (bicyclic) bond motifs is 2. The lowest BCUT2D eigenvalue weighted by Crippen LogP contribution is -2.40. The maximum atomic E-state index is 12.3. The second kappa shape index (κ2) is 6.11. The number of carbonyl (C=O) groups excluding carboxylic acids is 3. The summed E-state index contributed by atoms with van der Waals surface area (Å²) in [7, 11) is 0. The Morgan fingerprint density at radius 3 is 2.42 bits per heavy atom. The molecule has 1 aromatic carbocycles. The average Bonchev–Trinajstić information content (AvgIpc) is 3.16. The van der Waals surface area contributed by atoms with Crippen LogP contribution in [0, 0.1) is 6.92 Å². The van der Waals surface area contributed by atoms with Crippen molar-refractivity contribution in [3.63, 3.8) is 0 Å². The number of nitrogens with zero attached hydrogens (tertiary/aromatic N) is 3. The predicted molar refractivity (Wildman–Crippen MR) is 93.6 cm³/mol. The van der Waals surface area contributed by atoms with E-state index in [2.05, 4.69) is 10.3 Å². The minimum Gasteiger partial charge on any atom is -0.349 e. The summed E-state index contributed by atoms with van der Waals surface area (Å²) in [5.74, 6) is -1.29. The number of nitrogens with one attached hydrogen (secondary N) is 1. The molecular formula is C19H16N4O3. The number of rotatable bonds is 4. The second-order valence-electron chi connectivity index (χ2n) is 6.17. The van der Waals surface area contributed by atoms with Gasteiger partial charge in [-0.3, -0.25) is 19.3 Å². The van der Waals surface area contributed by atoms with E-state index in [-0.39, 0.29) is 13.1 Å². The minimum absolute atomic E-state index is 0.225. The fourth-order valence-electron chi connectivity index (χ4n) is 3.06. The molecule has 0 bridgehead atoms. The number of pyridine rings is 1. The van der Waals surface area contributed by atoms with E-state index in [1.807, 2.05) is 35.9 Å². The lowest BCUT2D eigenvalue weighted by atomic mass is 10.1. The predicted octanol–water partition coefficient (Wildman–Crippen LogP) is 1.56. The Balaban J connectivity index is 1.42.